The molecule has 6 nitrogen and oxygen atoms in total. The SMILES string of the molecule is CCN(C(=O)c1cnc(-c2ccc(C)cc2)[nH]c1=O)C1CCOC(C)(C)C1. The molecule has 1 aliphatic rings. The third-order valence-corrected chi connectivity index (χ3v) is 5.07. The molecule has 144 valence electrons. The summed E-state index contributed by atoms with van der Waals surface area (Å²) in [5.41, 5.74) is 1.35. The predicted molar refractivity (Wildman–Crippen MR) is 105 cm³/mol. The van der Waals surface area contributed by atoms with Crippen LogP contribution in [0.5, 0.6) is 0 Å². The number of amides is 1. The Kier molecular flexibility index (Phi) is 5.46. The number of hydrogen-bond donors (Lipinski definition) is 1. The van der Waals surface area contributed by atoms with Gasteiger partial charge in [-0.15, -0.1) is 0 Å². The highest BCUT2D eigenvalue weighted by atomic mass is 16.5. The lowest BCUT2D eigenvalue weighted by Gasteiger charge is -2.40. The molecule has 1 aliphatic heterocycles. The molecule has 0 radical (unpaired) electrons. The van der Waals surface area contributed by atoms with Crippen molar-refractivity contribution in [1.29, 1.82) is 0 Å². The molecule has 6 heteroatoms. The van der Waals surface area contributed by atoms with Crippen molar-refractivity contribution in [2.24, 2.45) is 0 Å². The number of carbonyl (C=O) groups excluding carboxylic acids is 1. The molecule has 1 N–H and O–H groups in total. The molecule has 0 spiro atoms. The highest BCUT2D eigenvalue weighted by molar-refractivity contribution is 5.94. The number of nitrogens with zero attached hydrogens (tertiary/aromatic N) is 2. The lowest BCUT2D eigenvalue weighted by Crippen LogP contribution is -2.49. The summed E-state index contributed by atoms with van der Waals surface area (Å²) in [6.45, 7) is 9.15. The van der Waals surface area contributed by atoms with Crippen molar-refractivity contribution in [2.45, 2.75) is 52.2 Å². The van der Waals surface area contributed by atoms with E-state index in [1.165, 1.54) is 6.20 Å². The maximum absolute atomic E-state index is 13.0. The number of hydrogen-bond acceptors (Lipinski definition) is 4. The molecular formula is C21H27N3O3. The van der Waals surface area contributed by atoms with E-state index < -0.39 is 5.56 Å². The van der Waals surface area contributed by atoms with Crippen LogP contribution in [0.2, 0.25) is 0 Å². The maximum Gasteiger partial charge on any atom is 0.264 e. The number of H-pyrrole nitrogens is 1. The Hall–Kier alpha value is -2.47. The fraction of sp³-hybridized carbons (Fsp3) is 0.476. The summed E-state index contributed by atoms with van der Waals surface area (Å²) in [5, 5.41) is 0. The molecule has 0 saturated carbocycles. The van der Waals surface area contributed by atoms with Gasteiger partial charge in [0, 0.05) is 31.0 Å². The zero-order valence-electron chi connectivity index (χ0n) is 16.4. The molecule has 1 amide bonds. The van der Waals surface area contributed by atoms with E-state index in [4.69, 9.17) is 4.74 Å². The van der Waals surface area contributed by atoms with Gasteiger partial charge in [0.1, 0.15) is 11.4 Å². The van der Waals surface area contributed by atoms with Crippen LogP contribution in [0, 0.1) is 6.92 Å². The monoisotopic (exact) mass is 369 g/mol. The summed E-state index contributed by atoms with van der Waals surface area (Å²) >= 11 is 0. The summed E-state index contributed by atoms with van der Waals surface area (Å²) in [5.74, 6) is 0.191. The Balaban J connectivity index is 1.85. The van der Waals surface area contributed by atoms with Gasteiger partial charge in [0.05, 0.1) is 5.60 Å². The van der Waals surface area contributed by atoms with E-state index in [-0.39, 0.29) is 23.1 Å². The van der Waals surface area contributed by atoms with Gasteiger partial charge in [-0.1, -0.05) is 29.8 Å². The van der Waals surface area contributed by atoms with Crippen LogP contribution in [0.25, 0.3) is 11.4 Å². The summed E-state index contributed by atoms with van der Waals surface area (Å²) in [6, 6.07) is 7.78. The lowest BCUT2D eigenvalue weighted by molar-refractivity contribution is -0.0777. The molecule has 1 unspecified atom stereocenters. The van der Waals surface area contributed by atoms with E-state index in [2.05, 4.69) is 9.97 Å². The van der Waals surface area contributed by atoms with Crippen LogP contribution in [0.1, 0.15) is 49.5 Å². The minimum absolute atomic E-state index is 0.0578. The molecule has 2 heterocycles. The van der Waals surface area contributed by atoms with E-state index in [9.17, 15) is 9.59 Å². The van der Waals surface area contributed by atoms with Crippen molar-refractivity contribution in [2.75, 3.05) is 13.2 Å². The van der Waals surface area contributed by atoms with Gasteiger partial charge < -0.3 is 14.6 Å². The van der Waals surface area contributed by atoms with E-state index in [1.54, 1.807) is 4.90 Å². The summed E-state index contributed by atoms with van der Waals surface area (Å²) in [4.78, 5) is 34.5. The van der Waals surface area contributed by atoms with Gasteiger partial charge in [-0.3, -0.25) is 9.59 Å². The minimum atomic E-state index is -0.407. The van der Waals surface area contributed by atoms with Crippen LogP contribution in [-0.4, -0.2) is 45.6 Å². The highest BCUT2D eigenvalue weighted by Crippen LogP contribution is 2.28. The molecule has 1 atom stereocenters. The topological polar surface area (TPSA) is 75.3 Å². The van der Waals surface area contributed by atoms with Crippen LogP contribution in [0.3, 0.4) is 0 Å². The second kappa shape index (κ2) is 7.64. The molecule has 1 saturated heterocycles. The minimum Gasteiger partial charge on any atom is -0.375 e. The molecule has 0 bridgehead atoms. The number of nitrogens with one attached hydrogen (secondary N) is 1. The van der Waals surface area contributed by atoms with Crippen LogP contribution in [-0.2, 0) is 4.74 Å². The quantitative estimate of drug-likeness (QED) is 0.898. The van der Waals surface area contributed by atoms with Gasteiger partial charge >= 0.3 is 0 Å². The largest absolute Gasteiger partial charge is 0.375 e. The van der Waals surface area contributed by atoms with Gasteiger partial charge in [0.15, 0.2) is 0 Å². The maximum atomic E-state index is 13.0. The zero-order chi connectivity index (χ0) is 19.6. The van der Waals surface area contributed by atoms with E-state index in [1.807, 2.05) is 52.0 Å². The second-order valence-electron chi connectivity index (χ2n) is 7.69. The fourth-order valence-electron chi connectivity index (χ4n) is 3.59. The number of rotatable bonds is 4. The van der Waals surface area contributed by atoms with Crippen LogP contribution in [0.4, 0.5) is 0 Å². The standard InChI is InChI=1S/C21H27N3O3/c1-5-24(16-10-11-27-21(3,4)12-16)20(26)17-13-22-18(23-19(17)25)15-8-6-14(2)7-9-15/h6-9,13,16H,5,10-12H2,1-4H3,(H,22,23,25). The van der Waals surface area contributed by atoms with E-state index in [0.29, 0.717) is 19.0 Å². The van der Waals surface area contributed by atoms with Gasteiger partial charge in [0.25, 0.3) is 11.5 Å². The molecule has 1 fully saturated rings. The first-order valence-corrected chi connectivity index (χ1v) is 9.42. The first kappa shape index (κ1) is 19.3. The van der Waals surface area contributed by atoms with Crippen LogP contribution < -0.4 is 5.56 Å². The number of carbonyl (C=O) groups is 1. The van der Waals surface area contributed by atoms with E-state index >= 15 is 0 Å². The summed E-state index contributed by atoms with van der Waals surface area (Å²) < 4.78 is 5.75. The number of aryl methyl sites for hydroxylation is 1. The van der Waals surface area contributed by atoms with Gasteiger partial charge in [-0.25, -0.2) is 4.98 Å². The van der Waals surface area contributed by atoms with Crippen molar-refractivity contribution in [1.82, 2.24) is 14.9 Å². The number of benzene rings is 1. The molecule has 1 aromatic carbocycles. The highest BCUT2D eigenvalue weighted by Gasteiger charge is 2.34. The van der Waals surface area contributed by atoms with Gasteiger partial charge in [-0.05, 0) is 40.5 Å². The molecule has 2 aromatic rings. The summed E-state index contributed by atoms with van der Waals surface area (Å²) in [6.07, 6.45) is 2.92. The first-order valence-electron chi connectivity index (χ1n) is 9.42. The van der Waals surface area contributed by atoms with Crippen molar-refractivity contribution in [3.05, 3.63) is 51.9 Å². The molecular weight excluding hydrogens is 342 g/mol. The lowest BCUT2D eigenvalue weighted by atomic mass is 9.92. The Morgan fingerprint density at radius 3 is 2.63 bits per heavy atom. The Labute approximate surface area is 159 Å². The van der Waals surface area contributed by atoms with Crippen molar-refractivity contribution < 1.29 is 9.53 Å². The van der Waals surface area contributed by atoms with Gasteiger partial charge in [-0.2, -0.15) is 0 Å². The molecule has 27 heavy (non-hydrogen) atoms. The first-order chi connectivity index (χ1) is 12.8. The molecule has 1 aromatic heterocycles. The Morgan fingerprint density at radius 2 is 2.04 bits per heavy atom. The molecule has 3 rings (SSSR count). The van der Waals surface area contributed by atoms with Crippen molar-refractivity contribution >= 4 is 5.91 Å². The fourth-order valence-corrected chi connectivity index (χ4v) is 3.59. The number of ether oxygens (including phenoxy) is 1. The van der Waals surface area contributed by atoms with Crippen molar-refractivity contribution in [3.63, 3.8) is 0 Å². The summed E-state index contributed by atoms with van der Waals surface area (Å²) in [7, 11) is 0. The van der Waals surface area contributed by atoms with Gasteiger partial charge in [0.2, 0.25) is 0 Å². The zero-order valence-corrected chi connectivity index (χ0v) is 16.4. The Bertz CT molecular complexity index is 871. The Morgan fingerprint density at radius 1 is 1.33 bits per heavy atom. The molecule has 0 aliphatic carbocycles. The average Bonchev–Trinajstić information content (AvgIpc) is 2.62. The van der Waals surface area contributed by atoms with Crippen molar-refractivity contribution in [3.8, 4) is 11.4 Å². The normalized spacial score (nSPS) is 18.9. The third kappa shape index (κ3) is 4.27. The smallest absolute Gasteiger partial charge is 0.264 e. The second-order valence-corrected chi connectivity index (χ2v) is 7.69. The van der Waals surface area contributed by atoms with Crippen LogP contribution in [0.15, 0.2) is 35.3 Å². The third-order valence-electron chi connectivity index (χ3n) is 5.07. The average molecular weight is 369 g/mol. The number of aromatic amines is 1. The predicted octanol–water partition coefficient (Wildman–Crippen LogP) is 3.17. The van der Waals surface area contributed by atoms with E-state index in [0.717, 1.165) is 24.0 Å². The van der Waals surface area contributed by atoms with Crippen LogP contribution >= 0.6 is 0 Å². The number of aromatic nitrogens is 2.